The molecule has 0 aliphatic carbocycles. The summed E-state index contributed by atoms with van der Waals surface area (Å²) >= 11 is 1.42. The number of fused-ring (bicyclic) bond motifs is 1. The van der Waals surface area contributed by atoms with Crippen LogP contribution < -0.4 is 10.2 Å². The van der Waals surface area contributed by atoms with Crippen molar-refractivity contribution in [1.82, 2.24) is 5.32 Å². The van der Waals surface area contributed by atoms with Crippen LogP contribution in [0.3, 0.4) is 0 Å². The van der Waals surface area contributed by atoms with Gasteiger partial charge in [-0.05, 0) is 35.9 Å². The SMILES string of the molecule is O=C(NCc1ccccc1)c1cc2c(s1)CCN2C(=O)c1ccc(F)cc1. The quantitative estimate of drug-likeness (QED) is 0.743. The van der Waals surface area contributed by atoms with Crippen molar-refractivity contribution in [2.24, 2.45) is 0 Å². The molecule has 0 unspecified atom stereocenters. The van der Waals surface area contributed by atoms with Gasteiger partial charge in [-0.1, -0.05) is 30.3 Å². The van der Waals surface area contributed by atoms with Gasteiger partial charge < -0.3 is 10.2 Å². The second kappa shape index (κ2) is 7.32. The van der Waals surface area contributed by atoms with Gasteiger partial charge in [0.1, 0.15) is 5.82 Å². The lowest BCUT2D eigenvalue weighted by Gasteiger charge is -2.16. The van der Waals surface area contributed by atoms with Gasteiger partial charge in [-0.25, -0.2) is 4.39 Å². The van der Waals surface area contributed by atoms with Crippen molar-refractivity contribution < 1.29 is 14.0 Å². The summed E-state index contributed by atoms with van der Waals surface area (Å²) in [4.78, 5) is 28.5. The van der Waals surface area contributed by atoms with Gasteiger partial charge in [0.15, 0.2) is 0 Å². The van der Waals surface area contributed by atoms with Gasteiger partial charge in [-0.15, -0.1) is 11.3 Å². The Morgan fingerprint density at radius 3 is 2.56 bits per heavy atom. The molecule has 4 rings (SSSR count). The molecule has 2 heterocycles. The van der Waals surface area contributed by atoms with E-state index in [1.807, 2.05) is 30.3 Å². The molecule has 0 fully saturated rings. The lowest BCUT2D eigenvalue weighted by atomic mass is 10.2. The molecule has 136 valence electrons. The summed E-state index contributed by atoms with van der Waals surface area (Å²) in [6.45, 7) is 1.03. The summed E-state index contributed by atoms with van der Waals surface area (Å²) in [7, 11) is 0. The van der Waals surface area contributed by atoms with E-state index >= 15 is 0 Å². The molecular formula is C21H17FN2O2S. The number of hydrogen-bond donors (Lipinski definition) is 1. The average molecular weight is 380 g/mol. The van der Waals surface area contributed by atoms with Crippen molar-refractivity contribution >= 4 is 28.8 Å². The highest BCUT2D eigenvalue weighted by molar-refractivity contribution is 7.14. The maximum Gasteiger partial charge on any atom is 0.261 e. The normalized spacial score (nSPS) is 12.7. The maximum atomic E-state index is 13.1. The van der Waals surface area contributed by atoms with Crippen LogP contribution in [0, 0.1) is 5.82 Å². The molecule has 4 nitrogen and oxygen atoms in total. The molecular weight excluding hydrogens is 363 g/mol. The minimum absolute atomic E-state index is 0.146. The third-order valence-electron chi connectivity index (χ3n) is 4.50. The molecule has 0 saturated carbocycles. The van der Waals surface area contributed by atoms with E-state index in [2.05, 4.69) is 5.32 Å². The number of carbonyl (C=O) groups excluding carboxylic acids is 2. The summed E-state index contributed by atoms with van der Waals surface area (Å²) in [5.74, 6) is -0.697. The summed E-state index contributed by atoms with van der Waals surface area (Å²) in [6, 6.07) is 17.0. The first-order chi connectivity index (χ1) is 13.1. The van der Waals surface area contributed by atoms with Crippen LogP contribution in [0.1, 0.15) is 30.5 Å². The van der Waals surface area contributed by atoms with E-state index in [4.69, 9.17) is 0 Å². The Kier molecular flexibility index (Phi) is 4.73. The van der Waals surface area contributed by atoms with Gasteiger partial charge in [0.05, 0.1) is 10.6 Å². The van der Waals surface area contributed by atoms with Gasteiger partial charge in [0.25, 0.3) is 11.8 Å². The number of anilines is 1. The minimum Gasteiger partial charge on any atom is -0.347 e. The van der Waals surface area contributed by atoms with Gasteiger partial charge in [-0.2, -0.15) is 0 Å². The zero-order valence-corrected chi connectivity index (χ0v) is 15.3. The summed E-state index contributed by atoms with van der Waals surface area (Å²) in [5, 5.41) is 2.91. The van der Waals surface area contributed by atoms with E-state index in [-0.39, 0.29) is 17.6 Å². The highest BCUT2D eigenvalue weighted by Crippen LogP contribution is 2.36. The van der Waals surface area contributed by atoms with E-state index in [1.165, 1.54) is 35.6 Å². The van der Waals surface area contributed by atoms with E-state index in [9.17, 15) is 14.0 Å². The zero-order valence-electron chi connectivity index (χ0n) is 14.4. The van der Waals surface area contributed by atoms with Crippen LogP contribution in [-0.4, -0.2) is 18.4 Å². The summed E-state index contributed by atoms with van der Waals surface area (Å²) in [6.07, 6.45) is 0.721. The number of benzene rings is 2. The topological polar surface area (TPSA) is 49.4 Å². The number of nitrogens with one attached hydrogen (secondary N) is 1. The summed E-state index contributed by atoms with van der Waals surface area (Å²) < 4.78 is 13.1. The number of amides is 2. The lowest BCUT2D eigenvalue weighted by molar-refractivity contribution is 0.0952. The summed E-state index contributed by atoms with van der Waals surface area (Å²) in [5.41, 5.74) is 2.24. The highest BCUT2D eigenvalue weighted by Gasteiger charge is 2.29. The third kappa shape index (κ3) is 3.61. The Hall–Kier alpha value is -2.99. The van der Waals surface area contributed by atoms with E-state index < -0.39 is 0 Å². The van der Waals surface area contributed by atoms with E-state index in [0.29, 0.717) is 23.5 Å². The molecule has 2 aromatic carbocycles. The van der Waals surface area contributed by atoms with Gasteiger partial charge in [0.2, 0.25) is 0 Å². The van der Waals surface area contributed by atoms with Gasteiger partial charge in [-0.3, -0.25) is 9.59 Å². The standard InChI is InChI=1S/C21H17FN2O2S/c22-16-8-6-15(7-9-16)21(26)24-11-10-18-17(24)12-19(27-18)20(25)23-13-14-4-2-1-3-5-14/h1-9,12H,10-11,13H2,(H,23,25). The largest absolute Gasteiger partial charge is 0.347 e. The number of nitrogens with zero attached hydrogens (tertiary/aromatic N) is 1. The predicted octanol–water partition coefficient (Wildman–Crippen LogP) is 4.02. The van der Waals surface area contributed by atoms with Gasteiger partial charge in [0, 0.05) is 30.0 Å². The van der Waals surface area contributed by atoms with Crippen LogP contribution in [0.5, 0.6) is 0 Å². The molecule has 0 spiro atoms. The number of thiophene rings is 1. The fourth-order valence-corrected chi connectivity index (χ4v) is 4.16. The number of carbonyl (C=O) groups is 2. The Morgan fingerprint density at radius 2 is 1.81 bits per heavy atom. The molecule has 0 saturated heterocycles. The van der Waals surface area contributed by atoms with Crippen LogP contribution in [0.4, 0.5) is 10.1 Å². The fourth-order valence-electron chi connectivity index (χ4n) is 3.10. The zero-order chi connectivity index (χ0) is 18.8. The van der Waals surface area contributed by atoms with E-state index in [1.54, 1.807) is 11.0 Å². The molecule has 1 aliphatic rings. The van der Waals surface area contributed by atoms with Crippen LogP contribution in [-0.2, 0) is 13.0 Å². The first-order valence-corrected chi connectivity index (χ1v) is 9.46. The van der Waals surface area contributed by atoms with Gasteiger partial charge >= 0.3 is 0 Å². The van der Waals surface area contributed by atoms with Crippen LogP contribution in [0.25, 0.3) is 0 Å². The Morgan fingerprint density at radius 1 is 1.07 bits per heavy atom. The molecule has 3 aromatic rings. The minimum atomic E-state index is -0.374. The highest BCUT2D eigenvalue weighted by atomic mass is 32.1. The smallest absolute Gasteiger partial charge is 0.261 e. The van der Waals surface area contributed by atoms with Crippen molar-refractivity contribution in [2.75, 3.05) is 11.4 Å². The fraction of sp³-hybridized carbons (Fsp3) is 0.143. The first kappa shape index (κ1) is 17.4. The van der Waals surface area contributed by atoms with Crippen molar-refractivity contribution in [3.05, 3.63) is 87.4 Å². The van der Waals surface area contributed by atoms with Crippen LogP contribution in [0.15, 0.2) is 60.7 Å². The van der Waals surface area contributed by atoms with Crippen LogP contribution in [0.2, 0.25) is 0 Å². The molecule has 1 aromatic heterocycles. The maximum absolute atomic E-state index is 13.1. The Bertz CT molecular complexity index is 983. The van der Waals surface area contributed by atoms with Crippen molar-refractivity contribution in [3.63, 3.8) is 0 Å². The van der Waals surface area contributed by atoms with Crippen molar-refractivity contribution in [1.29, 1.82) is 0 Å². The van der Waals surface area contributed by atoms with Crippen molar-refractivity contribution in [2.45, 2.75) is 13.0 Å². The van der Waals surface area contributed by atoms with Crippen LogP contribution >= 0.6 is 11.3 Å². The Labute approximate surface area is 160 Å². The number of hydrogen-bond acceptors (Lipinski definition) is 3. The molecule has 1 aliphatic heterocycles. The lowest BCUT2D eigenvalue weighted by Crippen LogP contribution is -2.29. The molecule has 0 bridgehead atoms. The van der Waals surface area contributed by atoms with Crippen molar-refractivity contribution in [3.8, 4) is 0 Å². The molecule has 0 radical (unpaired) electrons. The number of rotatable bonds is 4. The molecule has 1 N–H and O–H groups in total. The molecule has 2 amide bonds. The predicted molar refractivity (Wildman–Crippen MR) is 104 cm³/mol. The van der Waals surface area contributed by atoms with E-state index in [0.717, 1.165) is 22.5 Å². The third-order valence-corrected chi connectivity index (χ3v) is 5.68. The Balaban J connectivity index is 1.48. The molecule has 27 heavy (non-hydrogen) atoms. The monoisotopic (exact) mass is 380 g/mol. The second-order valence-corrected chi connectivity index (χ2v) is 7.44. The average Bonchev–Trinajstić information content (AvgIpc) is 3.28. The first-order valence-electron chi connectivity index (χ1n) is 8.64. The second-order valence-electron chi connectivity index (χ2n) is 6.30. The number of halogens is 1. The molecule has 0 atom stereocenters. The molecule has 6 heteroatoms.